The SMILES string of the molecule is O=Cc1ccc([C@]2(O)CCN2)cc1. The van der Waals surface area contributed by atoms with Crippen LogP contribution in [0, 0.1) is 0 Å². The van der Waals surface area contributed by atoms with Gasteiger partial charge in [0.05, 0.1) is 0 Å². The van der Waals surface area contributed by atoms with E-state index < -0.39 is 5.72 Å². The van der Waals surface area contributed by atoms with Gasteiger partial charge in [-0.15, -0.1) is 0 Å². The number of hydrogen-bond acceptors (Lipinski definition) is 3. The molecule has 2 N–H and O–H groups in total. The maximum atomic E-state index is 10.4. The molecule has 2 rings (SSSR count). The minimum atomic E-state index is -0.860. The van der Waals surface area contributed by atoms with Crippen LogP contribution in [0.4, 0.5) is 0 Å². The Labute approximate surface area is 76.4 Å². The van der Waals surface area contributed by atoms with Crippen molar-refractivity contribution >= 4 is 6.29 Å². The fraction of sp³-hybridized carbons (Fsp3) is 0.300. The van der Waals surface area contributed by atoms with Crippen LogP contribution in [0.5, 0.6) is 0 Å². The van der Waals surface area contributed by atoms with Gasteiger partial charge >= 0.3 is 0 Å². The Morgan fingerprint density at radius 1 is 1.38 bits per heavy atom. The first kappa shape index (κ1) is 8.41. The van der Waals surface area contributed by atoms with Crippen LogP contribution in [0.15, 0.2) is 24.3 Å². The zero-order valence-electron chi connectivity index (χ0n) is 7.16. The summed E-state index contributed by atoms with van der Waals surface area (Å²) in [6.45, 7) is 0.839. The Hall–Kier alpha value is -1.19. The first-order valence-corrected chi connectivity index (χ1v) is 4.28. The third kappa shape index (κ3) is 1.36. The quantitative estimate of drug-likeness (QED) is 0.652. The smallest absolute Gasteiger partial charge is 0.150 e. The van der Waals surface area contributed by atoms with E-state index >= 15 is 0 Å². The second-order valence-electron chi connectivity index (χ2n) is 3.28. The van der Waals surface area contributed by atoms with Crippen LogP contribution < -0.4 is 5.32 Å². The number of aliphatic hydroxyl groups is 1. The Morgan fingerprint density at radius 3 is 2.38 bits per heavy atom. The average Bonchev–Trinajstić information content (AvgIpc) is 2.14. The summed E-state index contributed by atoms with van der Waals surface area (Å²) in [5, 5.41) is 12.8. The number of carbonyl (C=O) groups is 1. The summed E-state index contributed by atoms with van der Waals surface area (Å²) < 4.78 is 0. The summed E-state index contributed by atoms with van der Waals surface area (Å²) in [6, 6.07) is 6.96. The molecule has 1 saturated heterocycles. The lowest BCUT2D eigenvalue weighted by molar-refractivity contribution is -0.0607. The van der Waals surface area contributed by atoms with Gasteiger partial charge in [0.1, 0.15) is 12.0 Å². The van der Waals surface area contributed by atoms with Gasteiger partial charge in [0, 0.05) is 18.5 Å². The molecular weight excluding hydrogens is 166 g/mol. The van der Waals surface area contributed by atoms with Crippen molar-refractivity contribution in [2.75, 3.05) is 6.54 Å². The number of nitrogens with one attached hydrogen (secondary N) is 1. The van der Waals surface area contributed by atoms with Gasteiger partial charge in [-0.3, -0.25) is 10.1 Å². The summed E-state index contributed by atoms with van der Waals surface area (Å²) in [6.07, 6.45) is 1.52. The predicted molar refractivity (Wildman–Crippen MR) is 48.3 cm³/mol. The van der Waals surface area contributed by atoms with E-state index in [9.17, 15) is 9.90 Å². The number of hydrogen-bond donors (Lipinski definition) is 2. The van der Waals surface area contributed by atoms with Crippen molar-refractivity contribution in [1.82, 2.24) is 5.32 Å². The molecule has 0 aliphatic carbocycles. The zero-order valence-corrected chi connectivity index (χ0v) is 7.16. The minimum absolute atomic E-state index is 0.631. The second kappa shape index (κ2) is 2.94. The van der Waals surface area contributed by atoms with Crippen molar-refractivity contribution in [1.29, 1.82) is 0 Å². The molecule has 1 aliphatic rings. The second-order valence-corrected chi connectivity index (χ2v) is 3.28. The molecule has 1 aromatic carbocycles. The first-order valence-electron chi connectivity index (χ1n) is 4.28. The zero-order chi connectivity index (χ0) is 9.31. The van der Waals surface area contributed by atoms with E-state index in [1.165, 1.54) is 0 Å². The van der Waals surface area contributed by atoms with E-state index in [0.717, 1.165) is 24.8 Å². The maximum absolute atomic E-state index is 10.4. The van der Waals surface area contributed by atoms with Gasteiger partial charge in [-0.2, -0.15) is 0 Å². The van der Waals surface area contributed by atoms with E-state index in [-0.39, 0.29) is 0 Å². The number of aldehydes is 1. The largest absolute Gasteiger partial charge is 0.372 e. The molecule has 0 unspecified atom stereocenters. The number of rotatable bonds is 2. The van der Waals surface area contributed by atoms with E-state index in [1.54, 1.807) is 24.3 Å². The lowest BCUT2D eigenvalue weighted by Crippen LogP contribution is -2.53. The molecule has 68 valence electrons. The molecule has 0 amide bonds. The number of benzene rings is 1. The van der Waals surface area contributed by atoms with E-state index in [0.29, 0.717) is 5.56 Å². The molecule has 1 aromatic rings. The molecule has 13 heavy (non-hydrogen) atoms. The first-order chi connectivity index (χ1) is 6.24. The molecule has 1 atom stereocenters. The highest BCUT2D eigenvalue weighted by Crippen LogP contribution is 2.27. The van der Waals surface area contributed by atoms with Crippen LogP contribution in [-0.2, 0) is 5.72 Å². The fourth-order valence-electron chi connectivity index (χ4n) is 1.45. The van der Waals surface area contributed by atoms with Crippen molar-refractivity contribution in [3.63, 3.8) is 0 Å². The van der Waals surface area contributed by atoms with Crippen molar-refractivity contribution < 1.29 is 9.90 Å². The molecule has 1 heterocycles. The highest BCUT2D eigenvalue weighted by molar-refractivity contribution is 5.74. The van der Waals surface area contributed by atoms with Crippen LogP contribution in [0.3, 0.4) is 0 Å². The Balaban J connectivity index is 2.27. The highest BCUT2D eigenvalue weighted by atomic mass is 16.3. The van der Waals surface area contributed by atoms with Crippen molar-refractivity contribution in [2.24, 2.45) is 0 Å². The molecule has 0 aromatic heterocycles. The molecule has 0 saturated carbocycles. The van der Waals surface area contributed by atoms with E-state index in [1.807, 2.05) is 0 Å². The third-order valence-corrected chi connectivity index (χ3v) is 2.43. The highest BCUT2D eigenvalue weighted by Gasteiger charge is 2.35. The lowest BCUT2D eigenvalue weighted by atomic mass is 9.93. The molecule has 1 aliphatic heterocycles. The Kier molecular flexibility index (Phi) is 1.90. The fourth-order valence-corrected chi connectivity index (χ4v) is 1.45. The molecule has 0 spiro atoms. The summed E-state index contributed by atoms with van der Waals surface area (Å²) in [5.41, 5.74) is 0.595. The van der Waals surface area contributed by atoms with Gasteiger partial charge in [0.25, 0.3) is 0 Å². The summed E-state index contributed by atoms with van der Waals surface area (Å²) in [7, 11) is 0. The van der Waals surface area contributed by atoms with Crippen LogP contribution in [0.25, 0.3) is 0 Å². The monoisotopic (exact) mass is 177 g/mol. The Bertz CT molecular complexity index is 314. The van der Waals surface area contributed by atoms with E-state index in [2.05, 4.69) is 5.32 Å². The maximum Gasteiger partial charge on any atom is 0.150 e. The lowest BCUT2D eigenvalue weighted by Gasteiger charge is -2.38. The molecule has 3 nitrogen and oxygen atoms in total. The van der Waals surface area contributed by atoms with Crippen LogP contribution in [0.2, 0.25) is 0 Å². The number of carbonyl (C=O) groups excluding carboxylic acids is 1. The molecular formula is C10H11NO2. The van der Waals surface area contributed by atoms with Crippen LogP contribution in [-0.4, -0.2) is 17.9 Å². The average molecular weight is 177 g/mol. The summed E-state index contributed by atoms with van der Waals surface area (Å²) in [5.74, 6) is 0. The van der Waals surface area contributed by atoms with Crippen molar-refractivity contribution in [3.05, 3.63) is 35.4 Å². The summed E-state index contributed by atoms with van der Waals surface area (Å²) >= 11 is 0. The van der Waals surface area contributed by atoms with Crippen LogP contribution in [0.1, 0.15) is 22.3 Å². The van der Waals surface area contributed by atoms with Crippen molar-refractivity contribution in [2.45, 2.75) is 12.1 Å². The Morgan fingerprint density at radius 2 is 2.00 bits per heavy atom. The van der Waals surface area contributed by atoms with Gasteiger partial charge in [-0.05, 0) is 5.56 Å². The minimum Gasteiger partial charge on any atom is -0.372 e. The molecule has 0 bridgehead atoms. The van der Waals surface area contributed by atoms with E-state index in [4.69, 9.17) is 0 Å². The van der Waals surface area contributed by atoms with Crippen molar-refractivity contribution in [3.8, 4) is 0 Å². The van der Waals surface area contributed by atoms with Gasteiger partial charge in [0.2, 0.25) is 0 Å². The van der Waals surface area contributed by atoms with Gasteiger partial charge in [-0.25, -0.2) is 0 Å². The van der Waals surface area contributed by atoms with Gasteiger partial charge in [0.15, 0.2) is 0 Å². The standard InChI is InChI=1S/C10H11NO2/c12-7-8-1-3-9(4-2-8)10(13)5-6-11-10/h1-4,7,11,13H,5-6H2/t10-/m1/s1. The predicted octanol–water partition coefficient (Wildman–Crippen LogP) is 0.638. The van der Waals surface area contributed by atoms with Gasteiger partial charge < -0.3 is 5.11 Å². The molecule has 0 radical (unpaired) electrons. The van der Waals surface area contributed by atoms with Crippen LogP contribution >= 0.6 is 0 Å². The normalized spacial score (nSPS) is 26.5. The third-order valence-electron chi connectivity index (χ3n) is 2.43. The topological polar surface area (TPSA) is 49.3 Å². The molecule has 3 heteroatoms. The van der Waals surface area contributed by atoms with Gasteiger partial charge in [-0.1, -0.05) is 24.3 Å². The summed E-state index contributed by atoms with van der Waals surface area (Å²) in [4.78, 5) is 10.4. The molecule has 1 fully saturated rings.